The summed E-state index contributed by atoms with van der Waals surface area (Å²) < 4.78 is 0. The van der Waals surface area contributed by atoms with Crippen LogP contribution in [0.2, 0.25) is 0 Å². The van der Waals surface area contributed by atoms with Crippen molar-refractivity contribution in [2.75, 3.05) is 11.1 Å². The van der Waals surface area contributed by atoms with E-state index >= 15 is 0 Å². The van der Waals surface area contributed by atoms with Crippen molar-refractivity contribution in [2.24, 2.45) is 23.7 Å². The molecule has 21 heavy (non-hydrogen) atoms. The van der Waals surface area contributed by atoms with Crippen LogP contribution in [0.4, 0.5) is 11.4 Å². The summed E-state index contributed by atoms with van der Waals surface area (Å²) >= 11 is 0. The van der Waals surface area contributed by atoms with Crippen LogP contribution in [0.1, 0.15) is 25.0 Å². The Bertz CT molecular complexity index is 723. The van der Waals surface area contributed by atoms with E-state index in [-0.39, 0.29) is 0 Å². The van der Waals surface area contributed by atoms with Gasteiger partial charge in [-0.25, -0.2) is 0 Å². The van der Waals surface area contributed by atoms with E-state index in [9.17, 15) is 0 Å². The summed E-state index contributed by atoms with van der Waals surface area (Å²) in [5.74, 6) is 3.87. The zero-order chi connectivity index (χ0) is 14.1. The van der Waals surface area contributed by atoms with Gasteiger partial charge in [-0.2, -0.15) is 0 Å². The highest BCUT2D eigenvalue weighted by atomic mass is 15.0. The molecule has 2 bridgehead atoms. The van der Waals surface area contributed by atoms with Crippen molar-refractivity contribution in [3.63, 3.8) is 0 Å². The molecular formula is C18H21N3. The van der Waals surface area contributed by atoms with Gasteiger partial charge in [0.05, 0.1) is 5.52 Å². The monoisotopic (exact) mass is 279 g/mol. The SMILES string of the molecule is Cc1cc(NC2C3C4CCC(C4)C23)c2cc(N)ccc2n1. The van der Waals surface area contributed by atoms with Gasteiger partial charge in [0.25, 0.3) is 0 Å². The Morgan fingerprint density at radius 1 is 1.14 bits per heavy atom. The number of benzene rings is 1. The van der Waals surface area contributed by atoms with Crippen LogP contribution in [0.15, 0.2) is 24.3 Å². The summed E-state index contributed by atoms with van der Waals surface area (Å²) in [6.45, 7) is 2.07. The lowest BCUT2D eigenvalue weighted by Crippen LogP contribution is -2.13. The number of hydrogen-bond acceptors (Lipinski definition) is 3. The van der Waals surface area contributed by atoms with Gasteiger partial charge in [0.2, 0.25) is 0 Å². The molecular weight excluding hydrogens is 258 g/mol. The first kappa shape index (κ1) is 11.8. The van der Waals surface area contributed by atoms with Gasteiger partial charge in [-0.15, -0.1) is 0 Å². The summed E-state index contributed by atoms with van der Waals surface area (Å²) in [4.78, 5) is 4.62. The maximum Gasteiger partial charge on any atom is 0.0727 e. The molecule has 2 aromatic rings. The summed E-state index contributed by atoms with van der Waals surface area (Å²) in [7, 11) is 0. The standard InChI is InChI=1S/C18H21N3/c1-9-6-15(13-8-12(19)4-5-14(13)20-9)21-18-16-10-2-3-11(7-10)17(16)18/h4-6,8,10-11,16-18H,2-3,7,19H2,1H3,(H,20,21). The Balaban J connectivity index is 1.52. The Morgan fingerprint density at radius 2 is 1.90 bits per heavy atom. The normalized spacial score (nSPS) is 36.0. The average molecular weight is 279 g/mol. The van der Waals surface area contributed by atoms with Gasteiger partial charge in [-0.3, -0.25) is 4.98 Å². The third-order valence-electron chi connectivity index (χ3n) is 6.02. The number of anilines is 2. The highest BCUT2D eigenvalue weighted by Crippen LogP contribution is 2.66. The number of fused-ring (bicyclic) bond motifs is 6. The predicted octanol–water partition coefficient (Wildman–Crippen LogP) is 3.58. The van der Waals surface area contributed by atoms with E-state index in [1.807, 2.05) is 12.1 Å². The molecule has 1 aromatic heterocycles. The van der Waals surface area contributed by atoms with Crippen molar-refractivity contribution in [3.8, 4) is 0 Å². The Kier molecular flexibility index (Phi) is 2.20. The predicted molar refractivity (Wildman–Crippen MR) is 86.1 cm³/mol. The summed E-state index contributed by atoms with van der Waals surface area (Å²) in [5.41, 5.74) is 10.1. The van der Waals surface area contributed by atoms with Crippen LogP contribution in [0.5, 0.6) is 0 Å². The zero-order valence-electron chi connectivity index (χ0n) is 12.3. The topological polar surface area (TPSA) is 50.9 Å². The molecule has 0 spiro atoms. The minimum Gasteiger partial charge on any atom is -0.399 e. The first-order valence-electron chi connectivity index (χ1n) is 8.14. The van der Waals surface area contributed by atoms with Crippen LogP contribution >= 0.6 is 0 Å². The van der Waals surface area contributed by atoms with Crippen molar-refractivity contribution < 1.29 is 0 Å². The fraction of sp³-hybridized carbons (Fsp3) is 0.500. The van der Waals surface area contributed by atoms with Gasteiger partial charge in [0.15, 0.2) is 0 Å². The average Bonchev–Trinajstić information content (AvgIpc) is 2.85. The fourth-order valence-electron chi connectivity index (χ4n) is 5.19. The summed E-state index contributed by atoms with van der Waals surface area (Å²) in [5, 5.41) is 5.00. The molecule has 3 fully saturated rings. The van der Waals surface area contributed by atoms with Gasteiger partial charge >= 0.3 is 0 Å². The lowest BCUT2D eigenvalue weighted by atomic mass is 10.0. The summed E-state index contributed by atoms with van der Waals surface area (Å²) in [6.07, 6.45) is 4.43. The van der Waals surface area contributed by atoms with Gasteiger partial charge < -0.3 is 11.1 Å². The maximum absolute atomic E-state index is 5.97. The maximum atomic E-state index is 5.97. The second-order valence-corrected chi connectivity index (χ2v) is 7.25. The minimum atomic E-state index is 0.697. The zero-order valence-corrected chi connectivity index (χ0v) is 12.3. The smallest absolute Gasteiger partial charge is 0.0727 e. The number of hydrogen-bond donors (Lipinski definition) is 2. The highest BCUT2D eigenvalue weighted by molar-refractivity contribution is 5.93. The van der Waals surface area contributed by atoms with Crippen LogP contribution in [0, 0.1) is 30.6 Å². The molecule has 3 heteroatoms. The largest absolute Gasteiger partial charge is 0.399 e. The second-order valence-electron chi connectivity index (χ2n) is 7.25. The van der Waals surface area contributed by atoms with Crippen LogP contribution in [-0.2, 0) is 0 Å². The molecule has 3 aliphatic carbocycles. The fourth-order valence-corrected chi connectivity index (χ4v) is 5.19. The van der Waals surface area contributed by atoms with Crippen molar-refractivity contribution >= 4 is 22.3 Å². The first-order valence-corrected chi connectivity index (χ1v) is 8.14. The number of aromatic nitrogens is 1. The minimum absolute atomic E-state index is 0.697. The van der Waals surface area contributed by atoms with Crippen LogP contribution in [-0.4, -0.2) is 11.0 Å². The summed E-state index contributed by atoms with van der Waals surface area (Å²) in [6, 6.07) is 8.89. The molecule has 4 unspecified atom stereocenters. The van der Waals surface area contributed by atoms with Gasteiger partial charge in [-0.1, -0.05) is 0 Å². The highest BCUT2D eigenvalue weighted by Gasteiger charge is 2.65. The molecule has 0 aliphatic heterocycles. The number of pyridine rings is 1. The molecule has 0 saturated heterocycles. The van der Waals surface area contributed by atoms with E-state index in [1.165, 1.54) is 24.9 Å². The van der Waals surface area contributed by atoms with Crippen molar-refractivity contribution in [1.82, 2.24) is 4.98 Å². The molecule has 1 aromatic carbocycles. The number of nitrogens with one attached hydrogen (secondary N) is 1. The van der Waals surface area contributed by atoms with Crippen molar-refractivity contribution in [1.29, 1.82) is 0 Å². The van der Waals surface area contributed by atoms with Gasteiger partial charge in [0.1, 0.15) is 0 Å². The molecule has 3 aliphatic rings. The Labute approximate surface area is 124 Å². The Morgan fingerprint density at radius 3 is 2.67 bits per heavy atom. The third-order valence-corrected chi connectivity index (χ3v) is 6.02. The van der Waals surface area contributed by atoms with Crippen LogP contribution < -0.4 is 11.1 Å². The van der Waals surface area contributed by atoms with E-state index in [4.69, 9.17) is 5.73 Å². The van der Waals surface area contributed by atoms with Gasteiger partial charge in [-0.05, 0) is 74.1 Å². The number of nitrogen functional groups attached to an aromatic ring is 1. The molecule has 0 radical (unpaired) electrons. The van der Waals surface area contributed by atoms with Crippen molar-refractivity contribution in [3.05, 3.63) is 30.0 Å². The van der Waals surface area contributed by atoms with E-state index < -0.39 is 0 Å². The molecule has 0 amide bonds. The number of rotatable bonds is 2. The number of aryl methyl sites for hydroxylation is 1. The molecule has 3 saturated carbocycles. The molecule has 1 heterocycles. The molecule has 108 valence electrons. The third kappa shape index (κ3) is 1.63. The Hall–Kier alpha value is -1.77. The number of nitrogens with two attached hydrogens (primary N) is 1. The van der Waals surface area contributed by atoms with Crippen LogP contribution in [0.25, 0.3) is 10.9 Å². The van der Waals surface area contributed by atoms with Crippen LogP contribution in [0.3, 0.4) is 0 Å². The quantitative estimate of drug-likeness (QED) is 0.826. The lowest BCUT2D eigenvalue weighted by Gasteiger charge is -2.14. The van der Waals surface area contributed by atoms with E-state index in [0.717, 1.165) is 46.0 Å². The van der Waals surface area contributed by atoms with Crippen molar-refractivity contribution in [2.45, 2.75) is 32.2 Å². The molecule has 3 N–H and O–H groups in total. The molecule has 5 rings (SSSR count). The van der Waals surface area contributed by atoms with Gasteiger partial charge in [0, 0.05) is 28.5 Å². The van der Waals surface area contributed by atoms with E-state index in [2.05, 4.69) is 29.4 Å². The molecule has 4 atom stereocenters. The second kappa shape index (κ2) is 3.90. The van der Waals surface area contributed by atoms with E-state index in [1.54, 1.807) is 0 Å². The van der Waals surface area contributed by atoms with E-state index in [0.29, 0.717) is 6.04 Å². The first-order chi connectivity index (χ1) is 10.2. The lowest BCUT2D eigenvalue weighted by molar-refractivity contribution is 0.456. The number of nitrogens with zero attached hydrogens (tertiary/aromatic N) is 1. The molecule has 3 nitrogen and oxygen atoms in total.